The van der Waals surface area contributed by atoms with E-state index in [1.807, 2.05) is 24.4 Å². The Balaban J connectivity index is 2.07. The van der Waals surface area contributed by atoms with E-state index in [4.69, 9.17) is 0 Å². The number of aromatic amines is 1. The molecule has 3 rings (SSSR count). The molecule has 27 heavy (non-hydrogen) atoms. The van der Waals surface area contributed by atoms with Crippen molar-refractivity contribution < 1.29 is 9.90 Å². The van der Waals surface area contributed by atoms with Gasteiger partial charge in [0.25, 0.3) is 5.56 Å². The van der Waals surface area contributed by atoms with Gasteiger partial charge < -0.3 is 5.11 Å². The number of aromatic hydroxyl groups is 1. The summed E-state index contributed by atoms with van der Waals surface area (Å²) >= 11 is 1.50. The Kier molecular flexibility index (Phi) is 5.59. The van der Waals surface area contributed by atoms with Gasteiger partial charge in [-0.1, -0.05) is 26.3 Å². The van der Waals surface area contributed by atoms with Crippen molar-refractivity contribution >= 4 is 23.0 Å². The molecule has 0 radical (unpaired) electrons. The zero-order valence-corrected chi connectivity index (χ0v) is 16.1. The third-order valence-electron chi connectivity index (χ3n) is 4.54. The predicted molar refractivity (Wildman–Crippen MR) is 103 cm³/mol. The molecule has 0 saturated carbocycles. The molecule has 2 aromatic rings. The van der Waals surface area contributed by atoms with Crippen LogP contribution in [0.5, 0.6) is 5.88 Å². The van der Waals surface area contributed by atoms with E-state index in [9.17, 15) is 19.5 Å². The molecule has 144 valence electrons. The average molecular weight is 390 g/mol. The quantitative estimate of drug-likeness (QED) is 0.788. The van der Waals surface area contributed by atoms with Crippen molar-refractivity contribution in [3.05, 3.63) is 48.8 Å². The van der Waals surface area contributed by atoms with E-state index in [0.717, 1.165) is 15.9 Å². The number of rotatable bonds is 6. The lowest BCUT2D eigenvalue weighted by atomic mass is 10.0. The SMILES string of the molecule is CCCCn1c(O)c(C2=NN(C(=O)CC)[C@@H](c3cccs3)C2)c(=O)[nH]c1=O. The van der Waals surface area contributed by atoms with Crippen molar-refractivity contribution in [2.45, 2.75) is 52.1 Å². The minimum absolute atomic E-state index is 0.0429. The molecule has 1 amide bonds. The van der Waals surface area contributed by atoms with Crippen molar-refractivity contribution in [2.24, 2.45) is 5.10 Å². The van der Waals surface area contributed by atoms with Crippen molar-refractivity contribution in [3.8, 4) is 5.88 Å². The topological polar surface area (TPSA) is 108 Å². The molecule has 2 aromatic heterocycles. The minimum Gasteiger partial charge on any atom is -0.494 e. The van der Waals surface area contributed by atoms with Crippen LogP contribution in [-0.2, 0) is 11.3 Å². The lowest BCUT2D eigenvalue weighted by molar-refractivity contribution is -0.132. The molecule has 0 bridgehead atoms. The molecular formula is C18H22N4O4S. The summed E-state index contributed by atoms with van der Waals surface area (Å²) in [6.45, 7) is 4.01. The Morgan fingerprint density at radius 2 is 2.19 bits per heavy atom. The highest BCUT2D eigenvalue weighted by molar-refractivity contribution is 7.10. The van der Waals surface area contributed by atoms with E-state index < -0.39 is 17.1 Å². The molecule has 0 aromatic carbocycles. The van der Waals surface area contributed by atoms with Crippen LogP contribution in [0.3, 0.4) is 0 Å². The standard InChI is InChI=1S/C18H22N4O4S/c1-3-5-8-21-17(25)15(16(24)19-18(21)26)11-10-12(13-7-6-9-27-13)22(20-11)14(23)4-2/h6-7,9,12,25H,3-5,8,10H2,1-2H3,(H,19,24,26)/t12-/m1/s1. The number of hydrazone groups is 1. The summed E-state index contributed by atoms with van der Waals surface area (Å²) in [5.41, 5.74) is -1.08. The van der Waals surface area contributed by atoms with Gasteiger partial charge in [0.2, 0.25) is 11.8 Å². The van der Waals surface area contributed by atoms with Crippen LogP contribution in [-0.4, -0.2) is 31.3 Å². The molecule has 2 N–H and O–H groups in total. The largest absolute Gasteiger partial charge is 0.494 e. The fraction of sp³-hybridized carbons (Fsp3) is 0.444. The van der Waals surface area contributed by atoms with Crippen LogP contribution in [0.4, 0.5) is 0 Å². The number of hydrogen-bond acceptors (Lipinski definition) is 6. The highest BCUT2D eigenvalue weighted by Crippen LogP contribution is 2.36. The van der Waals surface area contributed by atoms with Crippen LogP contribution in [0.1, 0.15) is 56.0 Å². The Morgan fingerprint density at radius 3 is 2.81 bits per heavy atom. The summed E-state index contributed by atoms with van der Waals surface area (Å²) in [5.74, 6) is -0.565. The van der Waals surface area contributed by atoms with Crippen LogP contribution in [0, 0.1) is 0 Å². The Labute approximate surface area is 159 Å². The average Bonchev–Trinajstić information content (AvgIpc) is 3.30. The molecule has 9 heteroatoms. The Hall–Kier alpha value is -2.68. The third kappa shape index (κ3) is 3.59. The number of amides is 1. The van der Waals surface area contributed by atoms with E-state index in [1.165, 1.54) is 16.3 Å². The van der Waals surface area contributed by atoms with Gasteiger partial charge in [0.1, 0.15) is 5.56 Å². The molecule has 0 fully saturated rings. The van der Waals surface area contributed by atoms with Gasteiger partial charge in [0, 0.05) is 24.3 Å². The Bertz CT molecular complexity index is 974. The van der Waals surface area contributed by atoms with Gasteiger partial charge in [-0.3, -0.25) is 19.1 Å². The van der Waals surface area contributed by atoms with Gasteiger partial charge >= 0.3 is 5.69 Å². The second kappa shape index (κ2) is 7.91. The lowest BCUT2D eigenvalue weighted by Gasteiger charge is -2.19. The minimum atomic E-state index is -0.695. The molecular weight excluding hydrogens is 368 g/mol. The number of nitrogens with one attached hydrogen (secondary N) is 1. The summed E-state index contributed by atoms with van der Waals surface area (Å²) in [5, 5.41) is 18.2. The van der Waals surface area contributed by atoms with Gasteiger partial charge in [-0.2, -0.15) is 5.10 Å². The van der Waals surface area contributed by atoms with Crippen LogP contribution in [0.25, 0.3) is 0 Å². The molecule has 0 saturated heterocycles. The molecule has 3 heterocycles. The number of aromatic nitrogens is 2. The van der Waals surface area contributed by atoms with Gasteiger partial charge in [-0.15, -0.1) is 11.3 Å². The van der Waals surface area contributed by atoms with E-state index in [2.05, 4.69) is 10.1 Å². The highest BCUT2D eigenvalue weighted by atomic mass is 32.1. The Morgan fingerprint density at radius 1 is 1.41 bits per heavy atom. The first-order valence-corrected chi connectivity index (χ1v) is 9.85. The van der Waals surface area contributed by atoms with Crippen molar-refractivity contribution in [2.75, 3.05) is 0 Å². The number of H-pyrrole nitrogens is 1. The highest BCUT2D eigenvalue weighted by Gasteiger charge is 2.35. The maximum Gasteiger partial charge on any atom is 0.331 e. The monoisotopic (exact) mass is 390 g/mol. The van der Waals surface area contributed by atoms with E-state index in [0.29, 0.717) is 25.1 Å². The number of carbonyl (C=O) groups is 1. The molecule has 0 unspecified atom stereocenters. The summed E-state index contributed by atoms with van der Waals surface area (Å²) in [6, 6.07) is 3.49. The van der Waals surface area contributed by atoms with Crippen molar-refractivity contribution in [3.63, 3.8) is 0 Å². The van der Waals surface area contributed by atoms with Gasteiger partial charge in [0.05, 0.1) is 11.8 Å². The molecule has 1 atom stereocenters. The first kappa shape index (κ1) is 19.1. The lowest BCUT2D eigenvalue weighted by Crippen LogP contribution is -2.33. The second-order valence-corrected chi connectivity index (χ2v) is 7.32. The van der Waals surface area contributed by atoms with Crippen LogP contribution >= 0.6 is 11.3 Å². The zero-order valence-electron chi connectivity index (χ0n) is 15.3. The van der Waals surface area contributed by atoms with Crippen molar-refractivity contribution in [1.82, 2.24) is 14.6 Å². The fourth-order valence-corrected chi connectivity index (χ4v) is 3.91. The molecule has 0 spiro atoms. The normalized spacial score (nSPS) is 16.6. The number of carbonyl (C=O) groups excluding carboxylic acids is 1. The number of nitrogens with zero attached hydrogens (tertiary/aromatic N) is 3. The van der Waals surface area contributed by atoms with Gasteiger partial charge in [0.15, 0.2) is 0 Å². The summed E-state index contributed by atoms with van der Waals surface area (Å²) < 4.78 is 1.15. The third-order valence-corrected chi connectivity index (χ3v) is 5.51. The fourth-order valence-electron chi connectivity index (χ4n) is 3.10. The van der Waals surface area contributed by atoms with Crippen molar-refractivity contribution in [1.29, 1.82) is 0 Å². The van der Waals surface area contributed by atoms with E-state index in [-0.39, 0.29) is 23.9 Å². The summed E-state index contributed by atoms with van der Waals surface area (Å²) in [7, 11) is 0. The molecule has 0 aliphatic carbocycles. The van der Waals surface area contributed by atoms with Crippen LogP contribution in [0.15, 0.2) is 32.2 Å². The second-order valence-electron chi connectivity index (χ2n) is 6.34. The zero-order chi connectivity index (χ0) is 19.6. The number of unbranched alkanes of at least 4 members (excludes halogenated alkanes) is 1. The van der Waals surface area contributed by atoms with E-state index >= 15 is 0 Å². The number of hydrogen-bond donors (Lipinski definition) is 2. The number of thiophene rings is 1. The van der Waals surface area contributed by atoms with Crippen LogP contribution < -0.4 is 11.2 Å². The first-order valence-electron chi connectivity index (χ1n) is 8.97. The molecule has 8 nitrogen and oxygen atoms in total. The maximum absolute atomic E-state index is 12.4. The van der Waals surface area contributed by atoms with E-state index in [1.54, 1.807) is 6.92 Å². The van der Waals surface area contributed by atoms with Gasteiger partial charge in [-0.05, 0) is 17.9 Å². The predicted octanol–water partition coefficient (Wildman–Crippen LogP) is 2.19. The summed E-state index contributed by atoms with van der Waals surface area (Å²) in [6.07, 6.45) is 2.09. The summed E-state index contributed by atoms with van der Waals surface area (Å²) in [4.78, 5) is 40.0. The van der Waals surface area contributed by atoms with Crippen LogP contribution in [0.2, 0.25) is 0 Å². The smallest absolute Gasteiger partial charge is 0.331 e. The van der Waals surface area contributed by atoms with Gasteiger partial charge in [-0.25, -0.2) is 9.80 Å². The first-order chi connectivity index (χ1) is 13.0. The maximum atomic E-state index is 12.4. The molecule has 1 aliphatic heterocycles. The molecule has 1 aliphatic rings.